The third kappa shape index (κ3) is 5.29. The molecule has 0 radical (unpaired) electrons. The summed E-state index contributed by atoms with van der Waals surface area (Å²) in [5.74, 6) is 0.424. The first kappa shape index (κ1) is 21.2. The number of hydrogen-bond acceptors (Lipinski definition) is 6. The number of urea groups is 1. The molecule has 29 heavy (non-hydrogen) atoms. The largest absolute Gasteiger partial charge is 0.341 e. The van der Waals surface area contributed by atoms with Gasteiger partial charge >= 0.3 is 6.03 Å². The van der Waals surface area contributed by atoms with E-state index in [2.05, 4.69) is 25.7 Å². The Morgan fingerprint density at radius 2 is 1.72 bits per heavy atom. The Balaban J connectivity index is 1.82. The number of aryl methyl sites for hydroxylation is 1. The van der Waals surface area contributed by atoms with E-state index in [0.29, 0.717) is 5.16 Å². The Hall–Kier alpha value is -2.55. The van der Waals surface area contributed by atoms with E-state index in [-0.39, 0.29) is 11.9 Å². The normalized spacial score (nSPS) is 14.9. The Morgan fingerprint density at radius 1 is 1.07 bits per heavy atom. The van der Waals surface area contributed by atoms with Gasteiger partial charge in [0.05, 0.1) is 10.9 Å². The number of nitrogens with zero attached hydrogens (tertiary/aromatic N) is 4. The molecule has 1 aromatic carbocycles. The second-order valence-corrected chi connectivity index (χ2v) is 8.83. The van der Waals surface area contributed by atoms with Crippen LogP contribution in [0.25, 0.3) is 5.69 Å². The minimum Gasteiger partial charge on any atom is -0.341 e. The maximum atomic E-state index is 12.4. The average molecular weight is 417 g/mol. The number of anilines is 1. The van der Waals surface area contributed by atoms with Gasteiger partial charge in [-0.25, -0.2) is 4.79 Å². The first-order valence-corrected chi connectivity index (χ1v) is 10.8. The number of thioether (sulfide) groups is 1. The minimum atomic E-state index is -0.507. The highest BCUT2D eigenvalue weighted by atomic mass is 32.2. The number of aromatic nitrogens is 3. The van der Waals surface area contributed by atoms with Crippen molar-refractivity contribution in [1.82, 2.24) is 25.4 Å². The highest BCUT2D eigenvalue weighted by Crippen LogP contribution is 2.30. The second-order valence-electron chi connectivity index (χ2n) is 7.53. The summed E-state index contributed by atoms with van der Waals surface area (Å²) in [4.78, 5) is 26.5. The molecule has 0 bridgehead atoms. The van der Waals surface area contributed by atoms with Crippen LogP contribution >= 0.6 is 11.8 Å². The average Bonchev–Trinajstić information content (AvgIpc) is 3.31. The molecule has 0 spiro atoms. The zero-order valence-electron chi connectivity index (χ0n) is 17.3. The Kier molecular flexibility index (Phi) is 6.79. The number of benzene rings is 1. The number of rotatable bonds is 6. The van der Waals surface area contributed by atoms with Crippen LogP contribution in [0.1, 0.15) is 39.2 Å². The van der Waals surface area contributed by atoms with Crippen LogP contribution in [-0.4, -0.2) is 51.1 Å². The monoisotopic (exact) mass is 416 g/mol. The SMILES string of the molecule is Cc1ccc(-n2c(S[C@H](C)C(=O)NC(=O)NC(C)C)nnc2N2CCCC2)cc1. The van der Waals surface area contributed by atoms with Crippen LogP contribution in [0, 0.1) is 6.92 Å². The summed E-state index contributed by atoms with van der Waals surface area (Å²) in [6.45, 7) is 9.37. The highest BCUT2D eigenvalue weighted by Gasteiger charge is 2.25. The van der Waals surface area contributed by atoms with Crippen molar-refractivity contribution in [1.29, 1.82) is 0 Å². The van der Waals surface area contributed by atoms with Gasteiger partial charge in [0.15, 0.2) is 5.16 Å². The Bertz CT molecular complexity index is 858. The molecule has 3 amide bonds. The lowest BCUT2D eigenvalue weighted by Gasteiger charge is -2.19. The predicted octanol–water partition coefficient (Wildman–Crippen LogP) is 2.89. The minimum absolute atomic E-state index is 0.0431. The quantitative estimate of drug-likeness (QED) is 0.704. The van der Waals surface area contributed by atoms with E-state index >= 15 is 0 Å². The number of amides is 3. The maximum Gasteiger partial charge on any atom is 0.321 e. The van der Waals surface area contributed by atoms with E-state index in [1.165, 1.54) is 17.3 Å². The summed E-state index contributed by atoms with van der Waals surface area (Å²) >= 11 is 1.29. The zero-order valence-corrected chi connectivity index (χ0v) is 18.1. The number of imide groups is 1. The molecule has 0 unspecified atom stereocenters. The van der Waals surface area contributed by atoms with Gasteiger partial charge in [-0.05, 0) is 52.7 Å². The molecule has 9 heteroatoms. The van der Waals surface area contributed by atoms with Crippen LogP contribution in [0.15, 0.2) is 29.4 Å². The zero-order chi connectivity index (χ0) is 21.0. The molecule has 1 atom stereocenters. The van der Waals surface area contributed by atoms with Gasteiger partial charge in [-0.1, -0.05) is 29.5 Å². The Morgan fingerprint density at radius 3 is 2.34 bits per heavy atom. The lowest BCUT2D eigenvalue weighted by molar-refractivity contribution is -0.119. The maximum absolute atomic E-state index is 12.4. The lowest BCUT2D eigenvalue weighted by atomic mass is 10.2. The molecule has 8 nitrogen and oxygen atoms in total. The van der Waals surface area contributed by atoms with Crippen molar-refractivity contribution in [2.75, 3.05) is 18.0 Å². The summed E-state index contributed by atoms with van der Waals surface area (Å²) in [5, 5.41) is 13.9. The van der Waals surface area contributed by atoms with Crippen LogP contribution in [0.5, 0.6) is 0 Å². The fraction of sp³-hybridized carbons (Fsp3) is 0.500. The number of hydrogen-bond donors (Lipinski definition) is 2. The van der Waals surface area contributed by atoms with E-state index in [9.17, 15) is 9.59 Å². The topological polar surface area (TPSA) is 92.2 Å². The van der Waals surface area contributed by atoms with Crippen molar-refractivity contribution >= 4 is 29.6 Å². The molecule has 0 saturated carbocycles. The summed E-state index contributed by atoms with van der Waals surface area (Å²) in [6.07, 6.45) is 2.26. The molecule has 1 aliphatic heterocycles. The van der Waals surface area contributed by atoms with Crippen molar-refractivity contribution in [2.24, 2.45) is 0 Å². The summed E-state index contributed by atoms with van der Waals surface area (Å²) in [6, 6.07) is 7.62. The molecule has 2 heterocycles. The molecule has 0 aliphatic carbocycles. The number of carbonyl (C=O) groups is 2. The van der Waals surface area contributed by atoms with E-state index in [1.54, 1.807) is 6.92 Å². The third-order valence-electron chi connectivity index (χ3n) is 4.61. The smallest absolute Gasteiger partial charge is 0.321 e. The predicted molar refractivity (Wildman–Crippen MR) is 115 cm³/mol. The molecule has 2 aromatic rings. The van der Waals surface area contributed by atoms with Gasteiger partial charge in [-0.3, -0.25) is 14.7 Å². The molecule has 1 saturated heterocycles. The van der Waals surface area contributed by atoms with E-state index in [4.69, 9.17) is 0 Å². The number of carbonyl (C=O) groups excluding carboxylic acids is 2. The van der Waals surface area contributed by atoms with Crippen molar-refractivity contribution < 1.29 is 9.59 Å². The van der Waals surface area contributed by atoms with Gasteiger partial charge in [0.1, 0.15) is 0 Å². The molecular formula is C20H28N6O2S. The van der Waals surface area contributed by atoms with E-state index in [0.717, 1.165) is 37.6 Å². The number of nitrogens with one attached hydrogen (secondary N) is 2. The van der Waals surface area contributed by atoms with Crippen LogP contribution in [-0.2, 0) is 4.79 Å². The van der Waals surface area contributed by atoms with Gasteiger partial charge in [0, 0.05) is 19.1 Å². The molecular weight excluding hydrogens is 388 g/mol. The summed E-state index contributed by atoms with van der Waals surface area (Å²) in [5.41, 5.74) is 2.12. The highest BCUT2D eigenvalue weighted by molar-refractivity contribution is 8.00. The van der Waals surface area contributed by atoms with Crippen LogP contribution in [0.3, 0.4) is 0 Å². The molecule has 156 valence electrons. The molecule has 2 N–H and O–H groups in total. The van der Waals surface area contributed by atoms with E-state index < -0.39 is 11.3 Å². The van der Waals surface area contributed by atoms with Crippen LogP contribution < -0.4 is 15.5 Å². The van der Waals surface area contributed by atoms with Crippen LogP contribution in [0.2, 0.25) is 0 Å². The van der Waals surface area contributed by atoms with Gasteiger partial charge in [0.25, 0.3) is 0 Å². The lowest BCUT2D eigenvalue weighted by Crippen LogP contribution is -2.45. The first-order chi connectivity index (χ1) is 13.8. The fourth-order valence-electron chi connectivity index (χ4n) is 3.10. The molecule has 3 rings (SSSR count). The molecule has 1 fully saturated rings. The molecule has 1 aromatic heterocycles. The van der Waals surface area contributed by atoms with Gasteiger partial charge in [-0.15, -0.1) is 10.2 Å². The van der Waals surface area contributed by atoms with Crippen LogP contribution in [0.4, 0.5) is 10.7 Å². The standard InChI is InChI=1S/C20H28N6O2S/c1-13(2)21-18(28)22-17(27)15(4)29-20-24-23-19(25-11-5-6-12-25)26(20)16-9-7-14(3)8-10-16/h7-10,13,15H,5-6,11-12H2,1-4H3,(H2,21,22,27,28)/t15-/m1/s1. The van der Waals surface area contributed by atoms with Gasteiger partial charge in [0.2, 0.25) is 11.9 Å². The van der Waals surface area contributed by atoms with Crippen molar-refractivity contribution in [3.05, 3.63) is 29.8 Å². The third-order valence-corrected chi connectivity index (χ3v) is 5.65. The first-order valence-electron chi connectivity index (χ1n) is 9.90. The Labute approximate surface area is 175 Å². The second kappa shape index (κ2) is 9.30. The van der Waals surface area contributed by atoms with Crippen molar-refractivity contribution in [3.8, 4) is 5.69 Å². The van der Waals surface area contributed by atoms with E-state index in [1.807, 2.05) is 49.6 Å². The van der Waals surface area contributed by atoms with Gasteiger partial charge in [-0.2, -0.15) is 0 Å². The molecule has 1 aliphatic rings. The van der Waals surface area contributed by atoms with Crippen molar-refractivity contribution in [3.63, 3.8) is 0 Å². The van der Waals surface area contributed by atoms with Gasteiger partial charge < -0.3 is 10.2 Å². The summed E-state index contributed by atoms with van der Waals surface area (Å²) < 4.78 is 1.99. The fourth-order valence-corrected chi connectivity index (χ4v) is 3.97. The summed E-state index contributed by atoms with van der Waals surface area (Å²) in [7, 11) is 0. The van der Waals surface area contributed by atoms with Crippen molar-refractivity contribution in [2.45, 2.75) is 57.0 Å².